The zero-order valence-electron chi connectivity index (χ0n) is 28.3. The maximum atomic E-state index is 12.4. The maximum Gasteiger partial charge on any atom is 0.220 e. The molecule has 2 aliphatic rings. The van der Waals surface area contributed by atoms with Crippen LogP contribution in [-0.2, 0) is 33.4 Å². The number of Topliss-reactive ketones (excluding diaryl/α,β-unsaturated/α-hetero) is 1. The van der Waals surface area contributed by atoms with Gasteiger partial charge in [-0.05, 0) is 38.0 Å². The Kier molecular flexibility index (Phi) is 19.0. The van der Waals surface area contributed by atoms with Gasteiger partial charge in [-0.3, -0.25) is 19.2 Å². The van der Waals surface area contributed by atoms with Gasteiger partial charge in [-0.25, -0.2) is 0 Å². The molecule has 0 spiro atoms. The second-order valence-electron chi connectivity index (χ2n) is 12.9. The number of ketones is 1. The Labute approximate surface area is 281 Å². The van der Waals surface area contributed by atoms with E-state index in [-0.39, 0.29) is 30.1 Å². The average Bonchev–Trinajstić information content (AvgIpc) is 3.04. The lowest BCUT2D eigenvalue weighted by atomic mass is 9.90. The van der Waals surface area contributed by atoms with Crippen molar-refractivity contribution in [3.8, 4) is 0 Å². The molecule has 0 aromatic heterocycles. The zero-order valence-corrected chi connectivity index (χ0v) is 28.3. The minimum absolute atomic E-state index is 0.0899. The predicted molar refractivity (Wildman–Crippen MR) is 170 cm³/mol. The molecule has 9 N–H and O–H groups in total. The van der Waals surface area contributed by atoms with Gasteiger partial charge in [0.05, 0.1) is 25.4 Å². The van der Waals surface area contributed by atoms with Gasteiger partial charge in [-0.1, -0.05) is 19.8 Å². The molecule has 3 amide bonds. The van der Waals surface area contributed by atoms with E-state index in [1.807, 2.05) is 6.92 Å². The molecule has 48 heavy (non-hydrogen) atoms. The maximum absolute atomic E-state index is 12.4. The third-order valence-corrected chi connectivity index (χ3v) is 8.74. The summed E-state index contributed by atoms with van der Waals surface area (Å²) in [5.74, 6) is -0.703. The van der Waals surface area contributed by atoms with Gasteiger partial charge in [0.15, 0.2) is 6.29 Å². The third kappa shape index (κ3) is 13.9. The van der Waals surface area contributed by atoms with Crippen LogP contribution in [0, 0.1) is 5.92 Å². The topological polar surface area (TPSA) is 253 Å². The summed E-state index contributed by atoms with van der Waals surface area (Å²) in [6.07, 6.45) is -3.80. The average molecular weight is 692 g/mol. The minimum Gasteiger partial charge on any atom is -0.394 e. The van der Waals surface area contributed by atoms with Crippen LogP contribution in [0.1, 0.15) is 85.0 Å². The van der Waals surface area contributed by atoms with Gasteiger partial charge in [-0.2, -0.15) is 0 Å². The van der Waals surface area contributed by atoms with Crippen molar-refractivity contribution >= 4 is 23.5 Å². The summed E-state index contributed by atoms with van der Waals surface area (Å²) in [5, 5.41) is 67.8. The molecule has 2 rings (SSSR count). The lowest BCUT2D eigenvalue weighted by Crippen LogP contribution is -2.64. The molecule has 16 heteroatoms. The largest absolute Gasteiger partial charge is 0.394 e. The van der Waals surface area contributed by atoms with Crippen LogP contribution in [0.5, 0.6) is 0 Å². The summed E-state index contributed by atoms with van der Waals surface area (Å²) in [6.45, 7) is 4.17. The molecule has 0 bridgehead atoms. The van der Waals surface area contributed by atoms with Crippen LogP contribution in [0.2, 0.25) is 0 Å². The van der Waals surface area contributed by atoms with Gasteiger partial charge in [0.1, 0.15) is 48.4 Å². The molecule has 0 aliphatic carbocycles. The predicted octanol–water partition coefficient (Wildman–Crippen LogP) is -1.84. The van der Waals surface area contributed by atoms with E-state index in [0.29, 0.717) is 70.8 Å². The fraction of sp³-hybridized carbons (Fsp3) is 0.875. The molecular weight excluding hydrogens is 634 g/mol. The minimum atomic E-state index is -1.39. The molecule has 0 aromatic carbocycles. The van der Waals surface area contributed by atoms with Crippen LogP contribution < -0.4 is 16.0 Å². The highest BCUT2D eigenvalue weighted by Crippen LogP contribution is 2.25. The fourth-order valence-electron chi connectivity index (χ4n) is 5.91. The van der Waals surface area contributed by atoms with Crippen LogP contribution in [0.3, 0.4) is 0 Å². The van der Waals surface area contributed by atoms with Gasteiger partial charge in [-0.15, -0.1) is 0 Å². The van der Waals surface area contributed by atoms with E-state index in [1.54, 1.807) is 0 Å². The van der Waals surface area contributed by atoms with Crippen molar-refractivity contribution in [2.24, 2.45) is 5.92 Å². The van der Waals surface area contributed by atoms with E-state index < -0.39 is 80.2 Å². The van der Waals surface area contributed by atoms with E-state index in [0.717, 1.165) is 0 Å². The van der Waals surface area contributed by atoms with Crippen molar-refractivity contribution < 1.29 is 64.0 Å². The molecule has 5 unspecified atom stereocenters. The SMILES string of the molecule is CC(=O)NC1[C@H](OCCCCC(=O)CCC(C)CNC(=O)CCCCC[C@@H]2OC(CO)[C@H](O)[C@H](O)C2NC(C)=O)OC(CO)[C@H](O)[C@@H]1O. The summed E-state index contributed by atoms with van der Waals surface area (Å²) in [5.41, 5.74) is 0. The standard InChI is InChI=1S/C32H57N3O13/c1-18(12-13-21(40)9-7-8-14-46-32-27(35-20(3)39)31(45)29(43)24(17-37)48-32)15-33-25(41)11-6-4-5-10-22-26(34-19(2)38)30(44)28(42)23(16-36)47-22/h18,22-24,26-32,36-37,42-45H,4-17H2,1-3H3,(H,33,41)(H,34,38)(H,35,39)/t18?,22-,23?,24?,26?,27?,28-,29-,30+,31+,32+/m0/s1. The quantitative estimate of drug-likeness (QED) is 0.0601. The van der Waals surface area contributed by atoms with Crippen molar-refractivity contribution in [2.45, 2.75) is 146 Å². The second kappa shape index (κ2) is 21.7. The van der Waals surface area contributed by atoms with E-state index in [1.165, 1.54) is 13.8 Å². The van der Waals surface area contributed by atoms with Gasteiger partial charge in [0.25, 0.3) is 0 Å². The van der Waals surface area contributed by atoms with Crippen molar-refractivity contribution in [3.05, 3.63) is 0 Å². The fourth-order valence-corrected chi connectivity index (χ4v) is 5.91. The molecule has 11 atom stereocenters. The number of carbonyl (C=O) groups is 4. The third-order valence-electron chi connectivity index (χ3n) is 8.74. The first-order valence-electron chi connectivity index (χ1n) is 17.0. The van der Waals surface area contributed by atoms with Crippen LogP contribution in [0.4, 0.5) is 0 Å². The number of ether oxygens (including phenoxy) is 3. The van der Waals surface area contributed by atoms with Crippen molar-refractivity contribution in [3.63, 3.8) is 0 Å². The van der Waals surface area contributed by atoms with E-state index in [9.17, 15) is 49.8 Å². The number of carbonyl (C=O) groups excluding carboxylic acids is 4. The number of amides is 3. The molecule has 0 saturated carbocycles. The van der Waals surface area contributed by atoms with Crippen LogP contribution in [0.15, 0.2) is 0 Å². The van der Waals surface area contributed by atoms with Gasteiger partial charge >= 0.3 is 0 Å². The Morgan fingerprint density at radius 2 is 1.29 bits per heavy atom. The normalized spacial score (nSPS) is 31.1. The Bertz CT molecular complexity index is 928. The molecule has 2 aliphatic heterocycles. The summed E-state index contributed by atoms with van der Waals surface area (Å²) in [7, 11) is 0. The molecule has 2 fully saturated rings. The van der Waals surface area contributed by atoms with Crippen LogP contribution in [-0.4, -0.2) is 142 Å². The van der Waals surface area contributed by atoms with Gasteiger partial charge < -0.3 is 60.8 Å². The number of rotatable bonds is 21. The molecule has 0 aromatic rings. The monoisotopic (exact) mass is 691 g/mol. The molecule has 2 saturated heterocycles. The summed E-state index contributed by atoms with van der Waals surface area (Å²) >= 11 is 0. The first kappa shape index (κ1) is 41.9. The van der Waals surface area contributed by atoms with E-state index in [2.05, 4.69) is 16.0 Å². The number of hydrogen-bond donors (Lipinski definition) is 9. The first-order valence-corrected chi connectivity index (χ1v) is 17.0. The first-order chi connectivity index (χ1) is 22.8. The molecule has 278 valence electrons. The van der Waals surface area contributed by atoms with Gasteiger partial charge in [0, 0.05) is 46.3 Å². The summed E-state index contributed by atoms with van der Waals surface area (Å²) < 4.78 is 16.9. The second-order valence-corrected chi connectivity index (χ2v) is 12.9. The number of unbranched alkanes of at least 4 members (excludes halogenated alkanes) is 3. The summed E-state index contributed by atoms with van der Waals surface area (Å²) in [6, 6.07) is -1.81. The summed E-state index contributed by atoms with van der Waals surface area (Å²) in [4.78, 5) is 47.8. The van der Waals surface area contributed by atoms with Crippen LogP contribution in [0.25, 0.3) is 0 Å². The molecular formula is C32H57N3O13. The Hall–Kier alpha value is -2.28. The highest BCUT2D eigenvalue weighted by molar-refractivity contribution is 5.78. The lowest BCUT2D eigenvalue weighted by Gasteiger charge is -2.42. The van der Waals surface area contributed by atoms with Crippen molar-refractivity contribution in [1.29, 1.82) is 0 Å². The number of nitrogens with one attached hydrogen (secondary N) is 3. The number of aliphatic hydroxyl groups is 6. The Morgan fingerprint density at radius 3 is 1.92 bits per heavy atom. The number of aliphatic hydroxyl groups excluding tert-OH is 6. The highest BCUT2D eigenvalue weighted by atomic mass is 16.7. The van der Waals surface area contributed by atoms with Crippen molar-refractivity contribution in [2.75, 3.05) is 26.4 Å². The number of hydrogen-bond acceptors (Lipinski definition) is 13. The molecule has 2 heterocycles. The van der Waals surface area contributed by atoms with Crippen molar-refractivity contribution in [1.82, 2.24) is 16.0 Å². The lowest BCUT2D eigenvalue weighted by molar-refractivity contribution is -0.270. The van der Waals surface area contributed by atoms with Gasteiger partial charge in [0.2, 0.25) is 17.7 Å². The smallest absolute Gasteiger partial charge is 0.220 e. The Balaban J connectivity index is 1.57. The van der Waals surface area contributed by atoms with E-state index in [4.69, 9.17) is 14.2 Å². The zero-order chi connectivity index (χ0) is 35.8. The van der Waals surface area contributed by atoms with Crippen LogP contribution >= 0.6 is 0 Å². The highest BCUT2D eigenvalue weighted by Gasteiger charge is 2.46. The molecule has 0 radical (unpaired) electrons. The Morgan fingerprint density at radius 1 is 0.708 bits per heavy atom. The molecule has 16 nitrogen and oxygen atoms in total. The van der Waals surface area contributed by atoms with E-state index >= 15 is 0 Å².